The van der Waals surface area contributed by atoms with E-state index in [2.05, 4.69) is 72.3 Å². The number of benzene rings is 1. The van der Waals surface area contributed by atoms with Crippen molar-refractivity contribution < 1.29 is 14.3 Å². The maximum Gasteiger partial charge on any atom is 0.160 e. The smallest absolute Gasteiger partial charge is 0.160 e. The number of hydrogen-bond donors (Lipinski definition) is 0. The van der Waals surface area contributed by atoms with Crippen molar-refractivity contribution >= 4 is 69.2 Å². The van der Waals surface area contributed by atoms with Crippen molar-refractivity contribution in [3.05, 3.63) is 65.9 Å². The molecule has 2 heterocycles. The third kappa shape index (κ3) is 10.3. The van der Waals surface area contributed by atoms with E-state index in [1.165, 1.54) is 54.7 Å². The molecule has 0 fully saturated rings. The maximum absolute atomic E-state index is 11.1. The van der Waals surface area contributed by atoms with Gasteiger partial charge in [-0.3, -0.25) is 4.79 Å². The highest BCUT2D eigenvalue weighted by atomic mass is 79.9. The van der Waals surface area contributed by atoms with E-state index in [9.17, 15) is 4.79 Å². The highest BCUT2D eigenvalue weighted by Gasteiger charge is 2.11. The third-order valence-corrected chi connectivity index (χ3v) is 8.43. The predicted molar refractivity (Wildman–Crippen MR) is 165 cm³/mol. The first-order valence-electron chi connectivity index (χ1n) is 13.2. The zero-order chi connectivity index (χ0) is 26.3. The largest absolute Gasteiger partial charge is 0.493 e. The molecule has 0 spiro atoms. The Morgan fingerprint density at radius 3 is 1.65 bits per heavy atom. The van der Waals surface area contributed by atoms with Crippen molar-refractivity contribution in [2.75, 3.05) is 13.2 Å². The van der Waals surface area contributed by atoms with Crippen LogP contribution in [0, 0.1) is 0 Å². The molecular weight excluding hydrogens is 564 g/mol. The van der Waals surface area contributed by atoms with Crippen molar-refractivity contribution in [3.8, 4) is 11.5 Å². The molecule has 2 aromatic heterocycles. The summed E-state index contributed by atoms with van der Waals surface area (Å²) in [6.07, 6.45) is 18.5. The molecule has 0 N–H and O–H groups in total. The number of hydrogen-bond acceptors (Lipinski definition) is 5. The van der Waals surface area contributed by atoms with Gasteiger partial charge in [0.15, 0.2) is 6.29 Å². The number of carbonyl (C=O) groups is 1. The van der Waals surface area contributed by atoms with Gasteiger partial charge in [-0.1, -0.05) is 52.4 Å². The lowest BCUT2D eigenvalue weighted by Crippen LogP contribution is -2.03. The van der Waals surface area contributed by atoms with E-state index in [1.54, 1.807) is 11.3 Å². The Labute approximate surface area is 238 Å². The fourth-order valence-electron chi connectivity index (χ4n) is 3.81. The highest BCUT2D eigenvalue weighted by Crippen LogP contribution is 2.34. The average molecular weight is 602 g/mol. The van der Waals surface area contributed by atoms with Crippen LogP contribution in [0.1, 0.15) is 95.8 Å². The van der Waals surface area contributed by atoms with Crippen molar-refractivity contribution in [2.24, 2.45) is 0 Å². The Morgan fingerprint density at radius 1 is 0.676 bits per heavy atom. The molecule has 3 aromatic rings. The van der Waals surface area contributed by atoms with Gasteiger partial charge in [-0.25, -0.2) is 0 Å². The second-order valence-corrected chi connectivity index (χ2v) is 12.6. The van der Waals surface area contributed by atoms with Crippen LogP contribution in [0.5, 0.6) is 11.5 Å². The standard InChI is InChI=1S/C31H37BrO3S2/c1-3-5-7-9-19-34-29-22-25(12-14-27-17-18-31(32)37-27)30(35-20-10-8-6-4-2)21-24(29)11-13-26-15-16-28(23-33)36-26/h11-18,21-23H,3-10,19-20H2,1-2H3/b13-11+,14-12+. The molecule has 3 nitrogen and oxygen atoms in total. The molecule has 0 saturated heterocycles. The van der Waals surface area contributed by atoms with Crippen LogP contribution in [-0.2, 0) is 0 Å². The van der Waals surface area contributed by atoms with E-state index < -0.39 is 0 Å². The minimum Gasteiger partial charge on any atom is -0.493 e. The zero-order valence-electron chi connectivity index (χ0n) is 21.8. The Hall–Kier alpha value is -2.15. The number of aldehydes is 1. The van der Waals surface area contributed by atoms with Crippen LogP contribution in [0.2, 0.25) is 0 Å². The summed E-state index contributed by atoms with van der Waals surface area (Å²) in [5.74, 6) is 1.71. The van der Waals surface area contributed by atoms with Gasteiger partial charge in [0.05, 0.1) is 21.9 Å². The maximum atomic E-state index is 11.1. The summed E-state index contributed by atoms with van der Waals surface area (Å²) in [5, 5.41) is 0. The summed E-state index contributed by atoms with van der Waals surface area (Å²) >= 11 is 6.73. The number of halogens is 1. The van der Waals surface area contributed by atoms with Gasteiger partial charge in [-0.15, -0.1) is 22.7 Å². The zero-order valence-corrected chi connectivity index (χ0v) is 25.1. The van der Waals surface area contributed by atoms with Crippen molar-refractivity contribution in [2.45, 2.75) is 65.2 Å². The second kappa shape index (κ2) is 16.6. The Balaban J connectivity index is 1.90. The van der Waals surface area contributed by atoms with E-state index in [0.717, 1.165) is 55.3 Å². The second-order valence-electron chi connectivity index (χ2n) is 8.91. The lowest BCUT2D eigenvalue weighted by molar-refractivity contribution is 0.112. The minimum atomic E-state index is 0.688. The Kier molecular flexibility index (Phi) is 13.2. The highest BCUT2D eigenvalue weighted by molar-refractivity contribution is 9.11. The lowest BCUT2D eigenvalue weighted by atomic mass is 10.1. The van der Waals surface area contributed by atoms with Gasteiger partial charge in [-0.05, 0) is 89.5 Å². The van der Waals surface area contributed by atoms with E-state index in [1.807, 2.05) is 18.2 Å². The van der Waals surface area contributed by atoms with Crippen LogP contribution >= 0.6 is 38.6 Å². The fraction of sp³-hybridized carbons (Fsp3) is 0.387. The van der Waals surface area contributed by atoms with E-state index >= 15 is 0 Å². The molecule has 0 saturated carbocycles. The van der Waals surface area contributed by atoms with E-state index in [0.29, 0.717) is 13.2 Å². The summed E-state index contributed by atoms with van der Waals surface area (Å²) < 4.78 is 13.7. The topological polar surface area (TPSA) is 35.5 Å². The summed E-state index contributed by atoms with van der Waals surface area (Å²) in [5.41, 5.74) is 2.00. The number of rotatable bonds is 17. The first-order valence-corrected chi connectivity index (χ1v) is 15.7. The predicted octanol–water partition coefficient (Wildman–Crippen LogP) is 10.6. The van der Waals surface area contributed by atoms with Crippen LogP contribution < -0.4 is 9.47 Å². The molecule has 0 unspecified atom stereocenters. The van der Waals surface area contributed by atoms with Crippen LogP contribution in [0.3, 0.4) is 0 Å². The van der Waals surface area contributed by atoms with Crippen LogP contribution in [0.4, 0.5) is 0 Å². The molecule has 0 radical (unpaired) electrons. The van der Waals surface area contributed by atoms with E-state index in [-0.39, 0.29) is 0 Å². The molecule has 1 aromatic carbocycles. The summed E-state index contributed by atoms with van der Waals surface area (Å²) in [6, 6.07) is 12.2. The van der Waals surface area contributed by atoms with E-state index in [4.69, 9.17) is 9.47 Å². The quantitative estimate of drug-likeness (QED) is 0.114. The first kappa shape index (κ1) is 29.4. The van der Waals surface area contributed by atoms with Gasteiger partial charge in [0.25, 0.3) is 0 Å². The molecule has 6 heteroatoms. The number of carbonyl (C=O) groups excluding carboxylic acids is 1. The molecule has 198 valence electrons. The monoisotopic (exact) mass is 600 g/mol. The number of unbranched alkanes of at least 4 members (excludes halogenated alkanes) is 6. The number of thiophene rings is 2. The van der Waals surface area contributed by atoms with Crippen LogP contribution in [-0.4, -0.2) is 19.5 Å². The normalized spacial score (nSPS) is 11.5. The molecule has 0 atom stereocenters. The Morgan fingerprint density at radius 2 is 1.19 bits per heavy atom. The molecule has 0 aliphatic heterocycles. The molecule has 0 bridgehead atoms. The molecule has 0 aliphatic rings. The average Bonchev–Trinajstić information content (AvgIpc) is 3.55. The van der Waals surface area contributed by atoms with Gasteiger partial charge >= 0.3 is 0 Å². The number of ether oxygens (including phenoxy) is 2. The first-order chi connectivity index (χ1) is 18.1. The molecule has 37 heavy (non-hydrogen) atoms. The van der Waals surface area contributed by atoms with Gasteiger partial charge in [0, 0.05) is 20.9 Å². The minimum absolute atomic E-state index is 0.688. The van der Waals surface area contributed by atoms with Crippen molar-refractivity contribution in [3.63, 3.8) is 0 Å². The summed E-state index contributed by atoms with van der Waals surface area (Å²) in [4.78, 5) is 14.0. The third-order valence-electron chi connectivity index (χ3n) is 5.87. The fourth-order valence-corrected chi connectivity index (χ4v) is 5.86. The molecule has 3 rings (SSSR count). The molecule has 0 amide bonds. The summed E-state index contributed by atoms with van der Waals surface area (Å²) in [7, 11) is 0. The van der Waals surface area contributed by atoms with Gasteiger partial charge < -0.3 is 9.47 Å². The molecule has 0 aliphatic carbocycles. The summed E-state index contributed by atoms with van der Waals surface area (Å²) in [6.45, 7) is 5.82. The van der Waals surface area contributed by atoms with Crippen molar-refractivity contribution in [1.82, 2.24) is 0 Å². The van der Waals surface area contributed by atoms with Gasteiger partial charge in [0.2, 0.25) is 0 Å². The lowest BCUT2D eigenvalue weighted by Gasteiger charge is -2.15. The SMILES string of the molecule is CCCCCCOc1cc(/C=C/c2ccc(C=O)s2)c(OCCCCCC)cc1/C=C/c1ccc(Br)s1. The van der Waals surface area contributed by atoms with Crippen LogP contribution in [0.25, 0.3) is 24.3 Å². The van der Waals surface area contributed by atoms with Crippen molar-refractivity contribution in [1.29, 1.82) is 0 Å². The van der Waals surface area contributed by atoms with Gasteiger partial charge in [0.1, 0.15) is 11.5 Å². The van der Waals surface area contributed by atoms with Crippen LogP contribution in [0.15, 0.2) is 40.2 Å². The molecular formula is C31H37BrO3S2. The van der Waals surface area contributed by atoms with Gasteiger partial charge in [-0.2, -0.15) is 0 Å². The Bertz CT molecular complexity index is 1160.